The van der Waals surface area contributed by atoms with Crippen molar-refractivity contribution in [1.82, 2.24) is 20.3 Å². The largest absolute Gasteiger partial charge is 0.396 e. The van der Waals surface area contributed by atoms with Gasteiger partial charge in [-0.25, -0.2) is 4.98 Å². The van der Waals surface area contributed by atoms with Crippen LogP contribution in [0.2, 0.25) is 0 Å². The second-order valence-electron chi connectivity index (χ2n) is 3.52. The number of nitrogens with zero attached hydrogens (tertiary/aromatic N) is 1. The Morgan fingerprint density at radius 2 is 2.24 bits per heavy atom. The minimum Gasteiger partial charge on any atom is -0.396 e. The molecule has 2 heterocycles. The van der Waals surface area contributed by atoms with Crippen LogP contribution < -0.4 is 10.9 Å². The van der Waals surface area contributed by atoms with Gasteiger partial charge in [-0.3, -0.25) is 4.79 Å². The number of nitrogens with one attached hydrogen (secondary N) is 3. The van der Waals surface area contributed by atoms with Crippen molar-refractivity contribution in [2.75, 3.05) is 13.2 Å². The lowest BCUT2D eigenvalue weighted by Crippen LogP contribution is -2.15. The van der Waals surface area contributed by atoms with Gasteiger partial charge >= 0.3 is 0 Å². The van der Waals surface area contributed by atoms with Gasteiger partial charge in [-0.2, -0.15) is 0 Å². The maximum absolute atomic E-state index is 11.4. The molecule has 17 heavy (non-hydrogen) atoms. The quantitative estimate of drug-likeness (QED) is 0.574. The number of aromatic amines is 2. The Bertz CT molecular complexity index is 522. The Hall–Kier alpha value is -1.37. The highest BCUT2D eigenvalue weighted by molar-refractivity contribution is 5.85. The third kappa shape index (κ3) is 3.06. The lowest BCUT2D eigenvalue weighted by molar-refractivity contribution is 0.286. The number of hydrogen-bond donors (Lipinski definition) is 4. The summed E-state index contributed by atoms with van der Waals surface area (Å²) in [6.45, 7) is 1.56. The summed E-state index contributed by atoms with van der Waals surface area (Å²) in [6.07, 6.45) is 3.89. The monoisotopic (exact) mass is 258 g/mol. The Kier molecular flexibility index (Phi) is 5.14. The first-order valence-corrected chi connectivity index (χ1v) is 5.18. The number of fused-ring (bicyclic) bond motifs is 1. The van der Waals surface area contributed by atoms with Crippen LogP contribution in [-0.2, 0) is 6.54 Å². The van der Waals surface area contributed by atoms with E-state index in [0.717, 1.165) is 18.5 Å². The van der Waals surface area contributed by atoms with E-state index >= 15 is 0 Å². The van der Waals surface area contributed by atoms with E-state index in [4.69, 9.17) is 5.11 Å². The second-order valence-corrected chi connectivity index (χ2v) is 3.52. The van der Waals surface area contributed by atoms with Crippen molar-refractivity contribution in [3.8, 4) is 0 Å². The van der Waals surface area contributed by atoms with Gasteiger partial charge in [-0.15, -0.1) is 12.4 Å². The summed E-state index contributed by atoms with van der Waals surface area (Å²) in [6, 6.07) is 0. The van der Waals surface area contributed by atoms with Gasteiger partial charge in [0.15, 0.2) is 0 Å². The van der Waals surface area contributed by atoms with Crippen LogP contribution in [-0.4, -0.2) is 33.2 Å². The topological polar surface area (TPSA) is 93.8 Å². The van der Waals surface area contributed by atoms with Crippen LogP contribution in [0.3, 0.4) is 0 Å². The van der Waals surface area contributed by atoms with Crippen molar-refractivity contribution in [3.05, 3.63) is 28.4 Å². The smallest absolute Gasteiger partial charge is 0.275 e. The van der Waals surface area contributed by atoms with E-state index in [-0.39, 0.29) is 24.6 Å². The van der Waals surface area contributed by atoms with E-state index in [1.165, 1.54) is 6.33 Å². The van der Waals surface area contributed by atoms with Crippen LogP contribution in [0.4, 0.5) is 0 Å². The molecule has 0 saturated heterocycles. The molecule has 94 valence electrons. The summed E-state index contributed by atoms with van der Waals surface area (Å²) in [4.78, 5) is 20.9. The summed E-state index contributed by atoms with van der Waals surface area (Å²) in [5, 5.41) is 11.8. The number of rotatable bonds is 5. The molecule has 2 rings (SSSR count). The van der Waals surface area contributed by atoms with Crippen LogP contribution in [0.5, 0.6) is 0 Å². The summed E-state index contributed by atoms with van der Waals surface area (Å²) in [7, 11) is 0. The highest BCUT2D eigenvalue weighted by Gasteiger charge is 2.06. The van der Waals surface area contributed by atoms with Crippen LogP contribution in [0, 0.1) is 0 Å². The van der Waals surface area contributed by atoms with Crippen molar-refractivity contribution in [3.63, 3.8) is 0 Å². The predicted octanol–water partition coefficient (Wildman–Crippen LogP) is 0.145. The normalized spacial score (nSPS) is 10.4. The van der Waals surface area contributed by atoms with Crippen molar-refractivity contribution in [2.24, 2.45) is 0 Å². The molecule has 2 aromatic heterocycles. The minimum absolute atomic E-state index is 0. The SMILES string of the molecule is Cl.O=c1[nH]cnc2c(CNCCCO)c[nH]c12. The molecule has 0 aromatic carbocycles. The van der Waals surface area contributed by atoms with Crippen LogP contribution in [0.15, 0.2) is 17.3 Å². The highest BCUT2D eigenvalue weighted by atomic mass is 35.5. The number of aliphatic hydroxyl groups is 1. The molecule has 0 saturated carbocycles. The molecule has 0 aliphatic carbocycles. The molecule has 0 radical (unpaired) electrons. The zero-order valence-corrected chi connectivity index (χ0v) is 10.0. The van der Waals surface area contributed by atoms with E-state index in [1.54, 1.807) is 6.20 Å². The zero-order chi connectivity index (χ0) is 11.4. The van der Waals surface area contributed by atoms with Crippen LogP contribution in [0.1, 0.15) is 12.0 Å². The third-order valence-corrected chi connectivity index (χ3v) is 2.38. The van der Waals surface area contributed by atoms with Crippen molar-refractivity contribution < 1.29 is 5.11 Å². The summed E-state index contributed by atoms with van der Waals surface area (Å²) < 4.78 is 0. The van der Waals surface area contributed by atoms with E-state index < -0.39 is 0 Å². The molecule has 0 unspecified atom stereocenters. The molecule has 0 amide bonds. The average Bonchev–Trinajstić information content (AvgIpc) is 2.70. The summed E-state index contributed by atoms with van der Waals surface area (Å²) >= 11 is 0. The van der Waals surface area contributed by atoms with E-state index in [9.17, 15) is 4.79 Å². The number of aliphatic hydroxyl groups excluding tert-OH is 1. The van der Waals surface area contributed by atoms with Crippen molar-refractivity contribution >= 4 is 23.4 Å². The van der Waals surface area contributed by atoms with Crippen molar-refractivity contribution in [2.45, 2.75) is 13.0 Å². The predicted molar refractivity (Wildman–Crippen MR) is 67.4 cm³/mol. The molecule has 6 nitrogen and oxygen atoms in total. The van der Waals surface area contributed by atoms with Crippen LogP contribution >= 0.6 is 12.4 Å². The van der Waals surface area contributed by atoms with E-state index in [2.05, 4.69) is 20.3 Å². The third-order valence-electron chi connectivity index (χ3n) is 2.38. The van der Waals surface area contributed by atoms with E-state index in [1.807, 2.05) is 0 Å². The van der Waals surface area contributed by atoms with Gasteiger partial charge in [0.1, 0.15) is 5.52 Å². The Labute approximate surface area is 104 Å². The second kappa shape index (κ2) is 6.39. The van der Waals surface area contributed by atoms with E-state index in [0.29, 0.717) is 17.6 Å². The first kappa shape index (κ1) is 13.7. The molecule has 0 aliphatic rings. The van der Waals surface area contributed by atoms with Crippen LogP contribution in [0.25, 0.3) is 11.0 Å². The molecular weight excluding hydrogens is 244 g/mol. The summed E-state index contributed by atoms with van der Waals surface area (Å²) in [5.41, 5.74) is 1.99. The maximum atomic E-state index is 11.4. The average molecular weight is 259 g/mol. The Morgan fingerprint density at radius 3 is 3.00 bits per heavy atom. The first-order chi connectivity index (χ1) is 7.83. The Morgan fingerprint density at radius 1 is 1.41 bits per heavy atom. The van der Waals surface area contributed by atoms with Gasteiger partial charge in [-0.1, -0.05) is 0 Å². The number of aromatic nitrogens is 3. The highest BCUT2D eigenvalue weighted by Crippen LogP contribution is 2.10. The lowest BCUT2D eigenvalue weighted by Gasteiger charge is -2.01. The molecule has 0 spiro atoms. The lowest BCUT2D eigenvalue weighted by atomic mass is 10.3. The molecule has 0 atom stereocenters. The van der Waals surface area contributed by atoms with Gasteiger partial charge in [0.25, 0.3) is 5.56 Å². The summed E-state index contributed by atoms with van der Waals surface area (Å²) in [5.74, 6) is 0. The van der Waals surface area contributed by atoms with Gasteiger partial charge in [0.2, 0.25) is 0 Å². The zero-order valence-electron chi connectivity index (χ0n) is 9.19. The molecule has 0 fully saturated rings. The van der Waals surface area contributed by atoms with Gasteiger partial charge < -0.3 is 20.4 Å². The van der Waals surface area contributed by atoms with Gasteiger partial charge in [-0.05, 0) is 13.0 Å². The number of halogens is 1. The fraction of sp³-hybridized carbons (Fsp3) is 0.400. The maximum Gasteiger partial charge on any atom is 0.275 e. The van der Waals surface area contributed by atoms with Crippen molar-refractivity contribution in [1.29, 1.82) is 0 Å². The first-order valence-electron chi connectivity index (χ1n) is 5.18. The number of hydrogen-bond acceptors (Lipinski definition) is 4. The molecule has 7 heteroatoms. The molecule has 4 N–H and O–H groups in total. The van der Waals surface area contributed by atoms with Gasteiger partial charge in [0.05, 0.1) is 11.8 Å². The Balaban J connectivity index is 0.00000144. The molecule has 0 aliphatic heterocycles. The number of H-pyrrole nitrogens is 2. The fourth-order valence-electron chi connectivity index (χ4n) is 1.57. The molecule has 2 aromatic rings. The fourth-order valence-corrected chi connectivity index (χ4v) is 1.57. The molecular formula is C10H15ClN4O2. The standard InChI is InChI=1S/C10H14N4O2.ClH/c15-3-1-2-11-4-7-5-12-9-8(7)13-6-14-10(9)16;/h5-6,11-12,15H,1-4H2,(H,13,14,16);1H. The van der Waals surface area contributed by atoms with Gasteiger partial charge in [0, 0.05) is 24.9 Å². The molecule has 0 bridgehead atoms. The minimum atomic E-state index is -0.161.